The number of fused-ring (bicyclic) bond motifs is 1. The van der Waals surface area contributed by atoms with E-state index in [-0.39, 0.29) is 0 Å². The van der Waals surface area contributed by atoms with Crippen LogP contribution in [0, 0.1) is 0 Å². The van der Waals surface area contributed by atoms with E-state index in [9.17, 15) is 0 Å². The van der Waals surface area contributed by atoms with Crippen LogP contribution in [0.25, 0.3) is 11.0 Å². The third-order valence-corrected chi connectivity index (χ3v) is 5.60. The van der Waals surface area contributed by atoms with Gasteiger partial charge in [-0.25, -0.2) is 9.97 Å². The summed E-state index contributed by atoms with van der Waals surface area (Å²) in [7, 11) is 0. The molecule has 0 amide bonds. The van der Waals surface area contributed by atoms with Crippen molar-refractivity contribution in [2.75, 3.05) is 12.3 Å². The average Bonchev–Trinajstić information content (AvgIpc) is 2.93. The second kappa shape index (κ2) is 8.48. The van der Waals surface area contributed by atoms with Crippen molar-refractivity contribution in [1.82, 2.24) is 19.9 Å². The van der Waals surface area contributed by atoms with E-state index in [4.69, 9.17) is 33.9 Å². The van der Waals surface area contributed by atoms with Gasteiger partial charge in [-0.1, -0.05) is 48.8 Å². The molecular weight excluding hydrogens is 389 g/mol. The van der Waals surface area contributed by atoms with Crippen molar-refractivity contribution in [3.05, 3.63) is 40.5 Å². The number of imidazole rings is 1. The van der Waals surface area contributed by atoms with Gasteiger partial charge in [0.15, 0.2) is 11.0 Å². The number of aryl methyl sites for hydroxylation is 1. The molecule has 3 rings (SSSR count). The predicted molar refractivity (Wildman–Crippen MR) is 110 cm³/mol. The summed E-state index contributed by atoms with van der Waals surface area (Å²) < 4.78 is 2.17. The maximum Gasteiger partial charge on any atom is 0.174 e. The fourth-order valence-electron chi connectivity index (χ4n) is 2.63. The number of pyridine rings is 1. The van der Waals surface area contributed by atoms with Crippen LogP contribution in [0.2, 0.25) is 10.0 Å². The number of rotatable bonds is 7. The Labute approximate surface area is 167 Å². The zero-order valence-electron chi connectivity index (χ0n) is 14.7. The minimum atomic E-state index is 0.436. The van der Waals surface area contributed by atoms with Gasteiger partial charge in [0.1, 0.15) is 5.52 Å². The summed E-state index contributed by atoms with van der Waals surface area (Å²) in [5.41, 5.74) is 7.72. The van der Waals surface area contributed by atoms with Gasteiger partial charge in [-0.3, -0.25) is 0 Å². The highest BCUT2D eigenvalue weighted by Gasteiger charge is 2.15. The number of nitrogens with one attached hydrogen (secondary N) is 1. The predicted octanol–water partition coefficient (Wildman–Crippen LogP) is 4.86. The van der Waals surface area contributed by atoms with E-state index >= 15 is 0 Å². The fraction of sp³-hybridized carbons (Fsp3) is 0.333. The first-order valence-corrected chi connectivity index (χ1v) is 10.00. The minimum Gasteiger partial charge on any atom is -0.382 e. The SMILES string of the molecule is CC(C)NCCCn1c(Sc2ccc(Cl)cc2Cl)nc2c(N)nccc21. The molecule has 0 saturated heterocycles. The van der Waals surface area contributed by atoms with E-state index in [1.807, 2.05) is 18.2 Å². The number of hydrogen-bond donors (Lipinski definition) is 2. The topological polar surface area (TPSA) is 68.8 Å². The summed E-state index contributed by atoms with van der Waals surface area (Å²) in [6.07, 6.45) is 2.69. The lowest BCUT2D eigenvalue weighted by Crippen LogP contribution is -2.24. The molecule has 5 nitrogen and oxygen atoms in total. The number of anilines is 1. The van der Waals surface area contributed by atoms with E-state index in [1.165, 1.54) is 11.8 Å². The molecule has 0 aliphatic heterocycles. The van der Waals surface area contributed by atoms with Crippen LogP contribution >= 0.6 is 35.0 Å². The molecule has 0 fully saturated rings. The van der Waals surface area contributed by atoms with Crippen molar-refractivity contribution in [2.45, 2.75) is 42.9 Å². The quantitative estimate of drug-likeness (QED) is 0.545. The molecule has 2 aromatic heterocycles. The molecule has 1 aromatic carbocycles. The molecule has 2 heterocycles. The van der Waals surface area contributed by atoms with E-state index in [1.54, 1.807) is 12.3 Å². The van der Waals surface area contributed by atoms with Crippen molar-refractivity contribution in [3.63, 3.8) is 0 Å². The Hall–Kier alpha value is -1.47. The van der Waals surface area contributed by atoms with Gasteiger partial charge < -0.3 is 15.6 Å². The summed E-state index contributed by atoms with van der Waals surface area (Å²) in [4.78, 5) is 9.77. The fourth-order valence-corrected chi connectivity index (χ4v) is 4.08. The van der Waals surface area contributed by atoms with Crippen molar-refractivity contribution >= 4 is 51.8 Å². The van der Waals surface area contributed by atoms with Gasteiger partial charge in [-0.2, -0.15) is 0 Å². The van der Waals surface area contributed by atoms with Crippen molar-refractivity contribution in [1.29, 1.82) is 0 Å². The van der Waals surface area contributed by atoms with Crippen molar-refractivity contribution in [3.8, 4) is 0 Å². The lowest BCUT2D eigenvalue weighted by atomic mass is 10.3. The standard InChI is InChI=1S/C18H21Cl2N5S/c1-11(2)22-7-3-9-25-14-6-8-23-17(21)16(14)24-18(25)26-15-5-4-12(19)10-13(15)20/h4-6,8,10-11,22H,3,7,9H2,1-2H3,(H2,21,23). The first-order valence-electron chi connectivity index (χ1n) is 8.42. The van der Waals surface area contributed by atoms with E-state index in [0.29, 0.717) is 21.9 Å². The number of nitrogens with two attached hydrogens (primary N) is 1. The molecule has 138 valence electrons. The summed E-state index contributed by atoms with van der Waals surface area (Å²) >= 11 is 13.8. The number of benzene rings is 1. The number of halogens is 2. The summed E-state index contributed by atoms with van der Waals surface area (Å²) in [5, 5.41) is 5.50. The Morgan fingerprint density at radius 2 is 2.08 bits per heavy atom. The van der Waals surface area contributed by atoms with Crippen molar-refractivity contribution in [2.24, 2.45) is 0 Å². The third kappa shape index (κ3) is 4.43. The smallest absolute Gasteiger partial charge is 0.174 e. The third-order valence-electron chi connectivity index (χ3n) is 3.87. The van der Waals surface area contributed by atoms with E-state index < -0.39 is 0 Å². The highest BCUT2D eigenvalue weighted by Crippen LogP contribution is 2.36. The average molecular weight is 410 g/mol. The summed E-state index contributed by atoms with van der Waals surface area (Å²) in [5.74, 6) is 0.436. The van der Waals surface area contributed by atoms with E-state index in [0.717, 1.165) is 40.6 Å². The molecule has 0 unspecified atom stereocenters. The normalized spacial score (nSPS) is 11.6. The molecule has 0 aliphatic rings. The molecule has 0 bridgehead atoms. The largest absolute Gasteiger partial charge is 0.382 e. The Kier molecular flexibility index (Phi) is 6.29. The number of nitrogens with zero attached hydrogens (tertiary/aromatic N) is 3. The van der Waals surface area contributed by atoms with Crippen LogP contribution in [0.1, 0.15) is 20.3 Å². The molecule has 3 N–H and O–H groups in total. The minimum absolute atomic E-state index is 0.436. The van der Waals surface area contributed by atoms with Crippen LogP contribution in [-0.2, 0) is 6.54 Å². The highest BCUT2D eigenvalue weighted by atomic mass is 35.5. The van der Waals surface area contributed by atoms with Gasteiger partial charge in [0.05, 0.1) is 10.5 Å². The second-order valence-corrected chi connectivity index (χ2v) is 8.10. The first-order chi connectivity index (χ1) is 12.5. The van der Waals surface area contributed by atoms with Gasteiger partial charge in [0, 0.05) is 28.7 Å². The molecule has 8 heteroatoms. The van der Waals surface area contributed by atoms with Gasteiger partial charge in [0.25, 0.3) is 0 Å². The van der Waals surface area contributed by atoms with Crippen molar-refractivity contribution < 1.29 is 0 Å². The maximum atomic E-state index is 6.33. The van der Waals surface area contributed by atoms with Crippen LogP contribution < -0.4 is 11.1 Å². The Balaban J connectivity index is 1.92. The molecule has 26 heavy (non-hydrogen) atoms. The zero-order chi connectivity index (χ0) is 18.7. The van der Waals surface area contributed by atoms with Gasteiger partial charge >= 0.3 is 0 Å². The van der Waals surface area contributed by atoms with Crippen LogP contribution in [0.5, 0.6) is 0 Å². The molecule has 0 atom stereocenters. The Morgan fingerprint density at radius 3 is 2.81 bits per heavy atom. The molecule has 0 radical (unpaired) electrons. The number of nitrogen functional groups attached to an aromatic ring is 1. The lowest BCUT2D eigenvalue weighted by molar-refractivity contribution is 0.526. The first kappa shape index (κ1) is 19.3. The van der Waals surface area contributed by atoms with Crippen LogP contribution in [-0.4, -0.2) is 27.1 Å². The number of hydrogen-bond acceptors (Lipinski definition) is 5. The lowest BCUT2D eigenvalue weighted by Gasteiger charge is -2.11. The maximum absolute atomic E-state index is 6.33. The molecule has 0 spiro atoms. The summed E-state index contributed by atoms with van der Waals surface area (Å²) in [6, 6.07) is 7.88. The van der Waals surface area contributed by atoms with Crippen LogP contribution in [0.3, 0.4) is 0 Å². The second-order valence-electron chi connectivity index (χ2n) is 6.25. The number of aromatic nitrogens is 3. The summed E-state index contributed by atoms with van der Waals surface area (Å²) in [6.45, 7) is 6.04. The van der Waals surface area contributed by atoms with E-state index in [2.05, 4.69) is 28.7 Å². The Bertz CT molecular complexity index is 910. The highest BCUT2D eigenvalue weighted by molar-refractivity contribution is 7.99. The van der Waals surface area contributed by atoms with Gasteiger partial charge in [-0.05, 0) is 37.2 Å². The molecule has 3 aromatic rings. The molecule has 0 saturated carbocycles. The molecular formula is C18H21Cl2N5S. The molecule has 0 aliphatic carbocycles. The monoisotopic (exact) mass is 409 g/mol. The zero-order valence-corrected chi connectivity index (χ0v) is 17.0. The van der Waals surface area contributed by atoms with Gasteiger partial charge in [-0.15, -0.1) is 0 Å². The van der Waals surface area contributed by atoms with Gasteiger partial charge in [0.2, 0.25) is 0 Å². The Morgan fingerprint density at radius 1 is 1.27 bits per heavy atom. The van der Waals surface area contributed by atoms with Crippen LogP contribution in [0.4, 0.5) is 5.82 Å². The van der Waals surface area contributed by atoms with Crippen LogP contribution in [0.15, 0.2) is 40.5 Å².